The van der Waals surface area contributed by atoms with Crippen molar-refractivity contribution in [3.63, 3.8) is 0 Å². The van der Waals surface area contributed by atoms with E-state index in [1.165, 1.54) is 0 Å². The topological polar surface area (TPSA) is 66.6 Å². The van der Waals surface area contributed by atoms with Crippen LogP contribution in [0.3, 0.4) is 0 Å². The van der Waals surface area contributed by atoms with E-state index >= 15 is 0 Å². The zero-order valence-electron chi connectivity index (χ0n) is 13.7. The Hall–Kier alpha value is -1.88. The van der Waals surface area contributed by atoms with Crippen LogP contribution in [0.5, 0.6) is 0 Å². The van der Waals surface area contributed by atoms with Crippen molar-refractivity contribution in [1.29, 1.82) is 0 Å². The van der Waals surface area contributed by atoms with Crippen LogP contribution in [0.4, 0.5) is 0 Å². The molecule has 0 saturated carbocycles. The van der Waals surface area contributed by atoms with Crippen molar-refractivity contribution in [2.24, 2.45) is 5.73 Å². The number of nitrogens with zero attached hydrogens (tertiary/aromatic N) is 2. The van der Waals surface area contributed by atoms with Gasteiger partial charge < -0.3 is 10.6 Å². The highest BCUT2D eigenvalue weighted by Gasteiger charge is 2.50. The zero-order chi connectivity index (χ0) is 16.4. The zero-order valence-corrected chi connectivity index (χ0v) is 13.7. The van der Waals surface area contributed by atoms with Gasteiger partial charge in [-0.25, -0.2) is 0 Å². The van der Waals surface area contributed by atoms with E-state index in [2.05, 4.69) is 4.90 Å². The maximum Gasteiger partial charge on any atom is 0.243 e. The fraction of sp³-hybridized carbons (Fsp3) is 0.556. The van der Waals surface area contributed by atoms with Crippen LogP contribution in [0.25, 0.3) is 0 Å². The lowest BCUT2D eigenvalue weighted by atomic mass is 9.87. The highest BCUT2D eigenvalue weighted by atomic mass is 16.2. The summed E-state index contributed by atoms with van der Waals surface area (Å²) in [7, 11) is 1.98. The van der Waals surface area contributed by atoms with Gasteiger partial charge in [0.15, 0.2) is 0 Å². The molecule has 1 aromatic carbocycles. The van der Waals surface area contributed by atoms with Crippen molar-refractivity contribution in [3.8, 4) is 0 Å². The predicted octanol–water partition coefficient (Wildman–Crippen LogP) is 1.17. The summed E-state index contributed by atoms with van der Waals surface area (Å²) >= 11 is 0. The standard InChI is InChI=1S/C18H25N3O2/c1-20-11-5-9-15(20)16(22)21-12-6-10-18(21,17(19)23)13-14-7-3-2-4-8-14/h2-4,7-8,15H,5-6,9-13H2,1H3,(H2,19,23)/t15?,18-/m0/s1. The summed E-state index contributed by atoms with van der Waals surface area (Å²) < 4.78 is 0. The van der Waals surface area contributed by atoms with E-state index in [0.29, 0.717) is 19.4 Å². The molecule has 1 unspecified atom stereocenters. The minimum absolute atomic E-state index is 0.0669. The Bertz CT molecular complexity index is 589. The third-order valence-corrected chi connectivity index (χ3v) is 5.36. The van der Waals surface area contributed by atoms with Gasteiger partial charge in [-0.1, -0.05) is 30.3 Å². The fourth-order valence-corrected chi connectivity index (χ4v) is 4.06. The molecule has 0 aromatic heterocycles. The normalized spacial score (nSPS) is 28.2. The smallest absolute Gasteiger partial charge is 0.243 e. The first-order valence-corrected chi connectivity index (χ1v) is 8.40. The molecular weight excluding hydrogens is 290 g/mol. The number of likely N-dealkylation sites (N-methyl/N-ethyl adjacent to an activating group) is 1. The number of carbonyl (C=O) groups is 2. The largest absolute Gasteiger partial charge is 0.368 e. The highest BCUT2D eigenvalue weighted by molar-refractivity contribution is 5.93. The van der Waals surface area contributed by atoms with E-state index < -0.39 is 5.54 Å². The molecule has 0 radical (unpaired) electrons. The lowest BCUT2D eigenvalue weighted by Gasteiger charge is -2.38. The van der Waals surface area contributed by atoms with Crippen LogP contribution in [-0.2, 0) is 16.0 Å². The van der Waals surface area contributed by atoms with E-state index in [-0.39, 0.29) is 17.9 Å². The van der Waals surface area contributed by atoms with Gasteiger partial charge in [-0.05, 0) is 44.8 Å². The Morgan fingerprint density at radius 2 is 1.96 bits per heavy atom. The Morgan fingerprint density at radius 1 is 1.22 bits per heavy atom. The summed E-state index contributed by atoms with van der Waals surface area (Å²) in [6.45, 7) is 1.56. The summed E-state index contributed by atoms with van der Waals surface area (Å²) in [5.41, 5.74) is 5.97. The Balaban J connectivity index is 1.88. The van der Waals surface area contributed by atoms with Crippen molar-refractivity contribution in [2.75, 3.05) is 20.1 Å². The molecule has 0 bridgehead atoms. The Morgan fingerprint density at radius 3 is 2.57 bits per heavy atom. The highest BCUT2D eigenvalue weighted by Crippen LogP contribution is 2.34. The number of hydrogen-bond donors (Lipinski definition) is 1. The number of nitrogens with two attached hydrogens (primary N) is 1. The Kier molecular flexibility index (Phi) is 4.39. The number of primary amides is 1. The number of likely N-dealkylation sites (tertiary alicyclic amines) is 2. The average Bonchev–Trinajstić information content (AvgIpc) is 3.15. The molecule has 2 aliphatic heterocycles. The van der Waals surface area contributed by atoms with Crippen LogP contribution in [-0.4, -0.2) is 53.3 Å². The first kappa shape index (κ1) is 16.0. The molecule has 0 aliphatic carbocycles. The molecule has 1 aromatic rings. The van der Waals surface area contributed by atoms with Gasteiger partial charge in [0, 0.05) is 13.0 Å². The molecule has 2 N–H and O–H groups in total. The molecular formula is C18H25N3O2. The number of rotatable bonds is 4. The number of carbonyl (C=O) groups excluding carboxylic acids is 2. The fourth-order valence-electron chi connectivity index (χ4n) is 4.06. The van der Waals surface area contributed by atoms with Crippen LogP contribution < -0.4 is 5.73 Å². The second-order valence-corrected chi connectivity index (χ2v) is 6.79. The van der Waals surface area contributed by atoms with Gasteiger partial charge >= 0.3 is 0 Å². The number of amides is 2. The monoisotopic (exact) mass is 315 g/mol. The van der Waals surface area contributed by atoms with Gasteiger partial charge in [-0.3, -0.25) is 14.5 Å². The van der Waals surface area contributed by atoms with Crippen LogP contribution >= 0.6 is 0 Å². The van der Waals surface area contributed by atoms with E-state index in [1.54, 1.807) is 4.90 Å². The van der Waals surface area contributed by atoms with E-state index in [1.807, 2.05) is 37.4 Å². The average molecular weight is 315 g/mol. The molecule has 124 valence electrons. The van der Waals surface area contributed by atoms with Crippen molar-refractivity contribution in [3.05, 3.63) is 35.9 Å². The second kappa shape index (κ2) is 6.32. The molecule has 5 nitrogen and oxygen atoms in total. The molecule has 0 spiro atoms. The summed E-state index contributed by atoms with van der Waals surface area (Å²) in [4.78, 5) is 29.3. The van der Waals surface area contributed by atoms with Crippen LogP contribution in [0.15, 0.2) is 30.3 Å². The van der Waals surface area contributed by atoms with E-state index in [4.69, 9.17) is 5.73 Å². The van der Waals surface area contributed by atoms with Crippen LogP contribution in [0.2, 0.25) is 0 Å². The molecule has 2 amide bonds. The summed E-state index contributed by atoms with van der Waals surface area (Å²) in [5, 5.41) is 0. The molecule has 3 rings (SSSR count). The second-order valence-electron chi connectivity index (χ2n) is 6.79. The summed E-state index contributed by atoms with van der Waals surface area (Å²) in [6.07, 6.45) is 3.89. The third-order valence-electron chi connectivity index (χ3n) is 5.36. The molecule has 2 fully saturated rings. The van der Waals surface area contributed by atoms with Crippen LogP contribution in [0.1, 0.15) is 31.2 Å². The van der Waals surface area contributed by atoms with Gasteiger partial charge in [-0.15, -0.1) is 0 Å². The summed E-state index contributed by atoms with van der Waals surface area (Å²) in [6, 6.07) is 9.74. The number of benzene rings is 1. The molecule has 2 aliphatic rings. The maximum absolute atomic E-state index is 13.0. The quantitative estimate of drug-likeness (QED) is 0.907. The van der Waals surface area contributed by atoms with E-state index in [9.17, 15) is 9.59 Å². The lowest BCUT2D eigenvalue weighted by Crippen LogP contribution is -2.60. The third kappa shape index (κ3) is 2.85. The van der Waals surface area contributed by atoms with Gasteiger partial charge in [0.05, 0.1) is 6.04 Å². The van der Waals surface area contributed by atoms with Crippen molar-refractivity contribution >= 4 is 11.8 Å². The first-order chi connectivity index (χ1) is 11.0. The number of hydrogen-bond acceptors (Lipinski definition) is 3. The van der Waals surface area contributed by atoms with Crippen molar-refractivity contribution < 1.29 is 9.59 Å². The predicted molar refractivity (Wildman–Crippen MR) is 88.7 cm³/mol. The van der Waals surface area contributed by atoms with Gasteiger partial charge in [-0.2, -0.15) is 0 Å². The Labute approximate surface area is 137 Å². The van der Waals surface area contributed by atoms with Crippen molar-refractivity contribution in [1.82, 2.24) is 9.80 Å². The first-order valence-electron chi connectivity index (χ1n) is 8.40. The van der Waals surface area contributed by atoms with E-state index in [0.717, 1.165) is 31.4 Å². The molecule has 2 saturated heterocycles. The minimum atomic E-state index is -0.873. The minimum Gasteiger partial charge on any atom is -0.368 e. The van der Waals surface area contributed by atoms with Gasteiger partial charge in [0.25, 0.3) is 0 Å². The maximum atomic E-state index is 13.0. The lowest BCUT2D eigenvalue weighted by molar-refractivity contribution is -0.146. The van der Waals surface area contributed by atoms with Gasteiger partial charge in [0.2, 0.25) is 11.8 Å². The summed E-state index contributed by atoms with van der Waals surface area (Å²) in [5.74, 6) is -0.315. The van der Waals surface area contributed by atoms with Crippen molar-refractivity contribution in [2.45, 2.75) is 43.7 Å². The SMILES string of the molecule is CN1CCCC1C(=O)N1CCC[C@]1(Cc1ccccc1)C(N)=O. The molecule has 2 heterocycles. The van der Waals surface area contributed by atoms with Gasteiger partial charge in [0.1, 0.15) is 5.54 Å². The van der Waals surface area contributed by atoms with Crippen LogP contribution in [0, 0.1) is 0 Å². The molecule has 23 heavy (non-hydrogen) atoms. The molecule has 2 atom stereocenters. The molecule has 5 heteroatoms.